The number of carbonyl (C=O) groups is 2. The van der Waals surface area contributed by atoms with Crippen molar-refractivity contribution >= 4 is 11.9 Å². The van der Waals surface area contributed by atoms with Gasteiger partial charge in [-0.2, -0.15) is 5.26 Å². The van der Waals surface area contributed by atoms with Crippen LogP contribution in [0.4, 0.5) is 0 Å². The van der Waals surface area contributed by atoms with Crippen LogP contribution in [0.1, 0.15) is 39.0 Å². The lowest BCUT2D eigenvalue weighted by Crippen LogP contribution is -2.42. The van der Waals surface area contributed by atoms with Gasteiger partial charge in [-0.25, -0.2) is 0 Å². The van der Waals surface area contributed by atoms with Gasteiger partial charge in [0.15, 0.2) is 5.92 Å². The van der Waals surface area contributed by atoms with E-state index in [1.54, 1.807) is 6.92 Å². The van der Waals surface area contributed by atoms with Gasteiger partial charge in [0.05, 0.1) is 18.1 Å². The summed E-state index contributed by atoms with van der Waals surface area (Å²) >= 11 is 0. The van der Waals surface area contributed by atoms with Gasteiger partial charge >= 0.3 is 11.9 Å². The number of aliphatic carboxylic acids is 1. The van der Waals surface area contributed by atoms with Crippen molar-refractivity contribution in [1.29, 1.82) is 5.26 Å². The lowest BCUT2D eigenvalue weighted by molar-refractivity contribution is -0.164. The molecule has 1 aliphatic rings. The van der Waals surface area contributed by atoms with Crippen LogP contribution in [0, 0.1) is 22.7 Å². The minimum Gasteiger partial charge on any atom is -0.481 e. The van der Waals surface area contributed by atoms with E-state index in [0.29, 0.717) is 12.8 Å². The quantitative estimate of drug-likeness (QED) is 0.596. The molecule has 5 heteroatoms. The molecular formula is C12H17NO4. The second-order valence-electron chi connectivity index (χ2n) is 4.35. The number of esters is 1. The summed E-state index contributed by atoms with van der Waals surface area (Å²) in [5.41, 5.74) is -1.09. The van der Waals surface area contributed by atoms with Gasteiger partial charge in [-0.15, -0.1) is 0 Å². The molecule has 1 saturated carbocycles. The maximum absolute atomic E-state index is 11.7. The number of carboxylic acids is 1. The highest BCUT2D eigenvalue weighted by atomic mass is 16.5. The van der Waals surface area contributed by atoms with Crippen molar-refractivity contribution in [3.63, 3.8) is 0 Å². The van der Waals surface area contributed by atoms with Crippen molar-refractivity contribution in [2.75, 3.05) is 6.61 Å². The van der Waals surface area contributed by atoms with Gasteiger partial charge in [0.25, 0.3) is 0 Å². The fourth-order valence-corrected chi connectivity index (χ4v) is 2.44. The van der Waals surface area contributed by atoms with Gasteiger partial charge in [0.2, 0.25) is 0 Å². The molecule has 0 amide bonds. The zero-order valence-corrected chi connectivity index (χ0v) is 9.94. The number of carbonyl (C=O) groups excluding carboxylic acids is 1. The summed E-state index contributed by atoms with van der Waals surface area (Å²) in [5, 5.41) is 18.4. The molecule has 1 rings (SSSR count). The molecule has 0 bridgehead atoms. The molecule has 94 valence electrons. The lowest BCUT2D eigenvalue weighted by atomic mass is 9.66. The highest BCUT2D eigenvalue weighted by Gasteiger charge is 2.49. The number of nitriles is 1. The van der Waals surface area contributed by atoms with E-state index < -0.39 is 23.3 Å². The third-order valence-corrected chi connectivity index (χ3v) is 3.29. The van der Waals surface area contributed by atoms with Crippen LogP contribution in [0.2, 0.25) is 0 Å². The lowest BCUT2D eigenvalue weighted by Gasteiger charge is -2.34. The molecular weight excluding hydrogens is 222 g/mol. The molecule has 1 N–H and O–H groups in total. The average molecular weight is 239 g/mol. The highest BCUT2D eigenvalue weighted by Crippen LogP contribution is 2.42. The van der Waals surface area contributed by atoms with Gasteiger partial charge in [0.1, 0.15) is 0 Å². The zero-order chi connectivity index (χ0) is 12.9. The van der Waals surface area contributed by atoms with Gasteiger partial charge in [-0.1, -0.05) is 19.3 Å². The standard InChI is InChI=1S/C12H17NO4/c1-2-17-11(16)9(10(14)15)12(8-13)6-4-3-5-7-12/h9H,2-7H2,1H3,(H,14,15). The Labute approximate surface area is 100 Å². The molecule has 0 aromatic heterocycles. The second-order valence-corrected chi connectivity index (χ2v) is 4.35. The Morgan fingerprint density at radius 3 is 2.41 bits per heavy atom. The first-order valence-electron chi connectivity index (χ1n) is 5.88. The first-order valence-corrected chi connectivity index (χ1v) is 5.88. The van der Waals surface area contributed by atoms with Crippen LogP contribution >= 0.6 is 0 Å². The van der Waals surface area contributed by atoms with Crippen LogP contribution in [0.5, 0.6) is 0 Å². The summed E-state index contributed by atoms with van der Waals surface area (Å²) in [6, 6.07) is 2.06. The monoisotopic (exact) mass is 239 g/mol. The van der Waals surface area contributed by atoms with E-state index in [-0.39, 0.29) is 6.61 Å². The zero-order valence-electron chi connectivity index (χ0n) is 9.94. The fourth-order valence-electron chi connectivity index (χ4n) is 2.44. The van der Waals surface area contributed by atoms with E-state index in [4.69, 9.17) is 9.84 Å². The van der Waals surface area contributed by atoms with E-state index >= 15 is 0 Å². The van der Waals surface area contributed by atoms with Gasteiger partial charge in [-0.3, -0.25) is 9.59 Å². The Morgan fingerprint density at radius 1 is 1.41 bits per heavy atom. The third kappa shape index (κ3) is 2.76. The average Bonchev–Trinajstić information content (AvgIpc) is 2.30. The van der Waals surface area contributed by atoms with Crippen LogP contribution in [0.15, 0.2) is 0 Å². The van der Waals surface area contributed by atoms with E-state index in [0.717, 1.165) is 19.3 Å². The summed E-state index contributed by atoms with van der Waals surface area (Å²) in [7, 11) is 0. The van der Waals surface area contributed by atoms with Gasteiger partial charge < -0.3 is 9.84 Å². The molecule has 0 aromatic rings. The molecule has 5 nitrogen and oxygen atoms in total. The fraction of sp³-hybridized carbons (Fsp3) is 0.750. The molecule has 1 fully saturated rings. The summed E-state index contributed by atoms with van der Waals surface area (Å²) in [5.74, 6) is -3.40. The normalized spacial score (nSPS) is 20.0. The van der Waals surface area contributed by atoms with E-state index in [1.807, 2.05) is 0 Å². The largest absolute Gasteiger partial charge is 0.481 e. The minimum absolute atomic E-state index is 0.129. The summed E-state index contributed by atoms with van der Waals surface area (Å²) in [6.07, 6.45) is 3.48. The molecule has 0 saturated heterocycles. The Balaban J connectivity index is 2.99. The molecule has 0 aliphatic heterocycles. The molecule has 0 spiro atoms. The SMILES string of the molecule is CCOC(=O)C(C(=O)O)C1(C#N)CCCCC1. The van der Waals surface area contributed by atoms with Crippen molar-refractivity contribution in [3.8, 4) is 6.07 Å². The highest BCUT2D eigenvalue weighted by molar-refractivity contribution is 5.95. The smallest absolute Gasteiger partial charge is 0.321 e. The number of carboxylic acid groups (broad SMARTS) is 1. The Morgan fingerprint density at radius 2 is 2.00 bits per heavy atom. The van der Waals surface area contributed by atoms with Crippen molar-refractivity contribution in [1.82, 2.24) is 0 Å². The predicted molar refractivity (Wildman–Crippen MR) is 58.9 cm³/mol. The summed E-state index contributed by atoms with van der Waals surface area (Å²) in [6.45, 7) is 1.75. The van der Waals surface area contributed by atoms with Gasteiger partial charge in [-0.05, 0) is 19.8 Å². The van der Waals surface area contributed by atoms with E-state index in [1.165, 1.54) is 0 Å². The number of rotatable bonds is 4. The van der Waals surface area contributed by atoms with Gasteiger partial charge in [0, 0.05) is 0 Å². The number of ether oxygens (including phenoxy) is 1. The Kier molecular flexibility index (Phi) is 4.50. The van der Waals surface area contributed by atoms with Crippen LogP contribution in [0.3, 0.4) is 0 Å². The maximum atomic E-state index is 11.7. The molecule has 0 radical (unpaired) electrons. The number of hydrogen-bond donors (Lipinski definition) is 1. The second kappa shape index (κ2) is 5.67. The van der Waals surface area contributed by atoms with E-state index in [2.05, 4.69) is 6.07 Å². The van der Waals surface area contributed by atoms with Crippen LogP contribution < -0.4 is 0 Å². The topological polar surface area (TPSA) is 87.4 Å². The Hall–Kier alpha value is -1.57. The number of nitrogens with zero attached hydrogens (tertiary/aromatic N) is 1. The third-order valence-electron chi connectivity index (χ3n) is 3.29. The first-order chi connectivity index (χ1) is 8.07. The van der Waals surface area contributed by atoms with Crippen molar-refractivity contribution < 1.29 is 19.4 Å². The molecule has 1 unspecified atom stereocenters. The molecule has 0 heterocycles. The molecule has 1 atom stereocenters. The van der Waals surface area contributed by atoms with Crippen molar-refractivity contribution in [2.24, 2.45) is 11.3 Å². The van der Waals surface area contributed by atoms with Crippen LogP contribution in [0.25, 0.3) is 0 Å². The first kappa shape index (κ1) is 13.5. The molecule has 17 heavy (non-hydrogen) atoms. The number of hydrogen-bond acceptors (Lipinski definition) is 4. The van der Waals surface area contributed by atoms with Crippen molar-refractivity contribution in [2.45, 2.75) is 39.0 Å². The summed E-state index contributed by atoms with van der Waals surface area (Å²) in [4.78, 5) is 22.9. The van der Waals surface area contributed by atoms with Crippen molar-refractivity contribution in [3.05, 3.63) is 0 Å². The Bertz CT molecular complexity index is 339. The summed E-state index contributed by atoms with van der Waals surface area (Å²) < 4.78 is 4.77. The predicted octanol–water partition coefficient (Wildman–Crippen LogP) is 1.72. The van der Waals surface area contributed by atoms with Crippen LogP contribution in [-0.2, 0) is 14.3 Å². The van der Waals surface area contributed by atoms with E-state index in [9.17, 15) is 14.9 Å². The molecule has 1 aliphatic carbocycles. The van der Waals surface area contributed by atoms with Crippen LogP contribution in [-0.4, -0.2) is 23.7 Å². The minimum atomic E-state index is -1.35. The maximum Gasteiger partial charge on any atom is 0.321 e. The molecule has 0 aromatic carbocycles.